The number of rotatable bonds is 2. The molecule has 0 aromatic heterocycles. The Bertz CT molecular complexity index is 510. The highest BCUT2D eigenvalue weighted by Gasteiger charge is 2.26. The second kappa shape index (κ2) is 5.28. The Kier molecular flexibility index (Phi) is 3.73. The molecule has 0 aliphatic carbocycles. The Morgan fingerprint density at radius 2 is 2.33 bits per heavy atom. The minimum atomic E-state index is -0.778. The van der Waals surface area contributed by atoms with Gasteiger partial charge in [0.25, 0.3) is 0 Å². The molecule has 5 heteroatoms. The highest BCUT2D eigenvalue weighted by molar-refractivity contribution is 6.32. The second-order valence-corrected chi connectivity index (χ2v) is 4.78. The highest BCUT2D eigenvalue weighted by atomic mass is 35.5. The third-order valence-electron chi connectivity index (χ3n) is 3.21. The molecule has 1 aromatic carbocycles. The third kappa shape index (κ3) is 2.41. The van der Waals surface area contributed by atoms with Gasteiger partial charge in [-0.05, 0) is 25.0 Å². The molecule has 18 heavy (non-hydrogen) atoms. The zero-order chi connectivity index (χ0) is 13.1. The Morgan fingerprint density at radius 3 is 3.00 bits per heavy atom. The SMILES string of the molecule is N#Cc1c(Cl)cccc1N1CCC[C@@H](C(=O)O)C1. The maximum Gasteiger partial charge on any atom is 0.308 e. The summed E-state index contributed by atoms with van der Waals surface area (Å²) in [6.45, 7) is 1.20. The topological polar surface area (TPSA) is 64.3 Å². The van der Waals surface area contributed by atoms with Crippen LogP contribution in [0.1, 0.15) is 18.4 Å². The lowest BCUT2D eigenvalue weighted by atomic mass is 9.97. The van der Waals surface area contributed by atoms with Crippen LogP contribution in [0.5, 0.6) is 0 Å². The van der Waals surface area contributed by atoms with E-state index in [1.54, 1.807) is 12.1 Å². The Hall–Kier alpha value is -1.73. The number of carboxylic acid groups (broad SMARTS) is 1. The lowest BCUT2D eigenvalue weighted by molar-refractivity contribution is -0.141. The molecule has 4 nitrogen and oxygen atoms in total. The number of halogens is 1. The van der Waals surface area contributed by atoms with Crippen LogP contribution >= 0.6 is 11.6 Å². The number of aliphatic carboxylic acids is 1. The number of nitriles is 1. The van der Waals surface area contributed by atoms with Crippen molar-refractivity contribution in [1.82, 2.24) is 0 Å². The van der Waals surface area contributed by atoms with Crippen LogP contribution in [0.25, 0.3) is 0 Å². The molecule has 2 rings (SSSR count). The number of carboxylic acids is 1. The zero-order valence-electron chi connectivity index (χ0n) is 9.77. The molecule has 1 aromatic rings. The summed E-state index contributed by atoms with van der Waals surface area (Å²) in [5.41, 5.74) is 1.15. The normalized spacial score (nSPS) is 19.3. The molecule has 1 heterocycles. The van der Waals surface area contributed by atoms with Crippen LogP contribution in [-0.2, 0) is 4.79 Å². The van der Waals surface area contributed by atoms with E-state index in [1.165, 1.54) is 0 Å². The van der Waals surface area contributed by atoms with Crippen LogP contribution in [-0.4, -0.2) is 24.2 Å². The molecule has 0 spiro atoms. The number of piperidine rings is 1. The molecule has 1 aliphatic heterocycles. The van der Waals surface area contributed by atoms with E-state index in [1.807, 2.05) is 11.0 Å². The lowest BCUT2D eigenvalue weighted by Gasteiger charge is -2.33. The first-order chi connectivity index (χ1) is 8.63. The van der Waals surface area contributed by atoms with Crippen molar-refractivity contribution in [1.29, 1.82) is 5.26 Å². The maximum absolute atomic E-state index is 11.0. The number of benzene rings is 1. The van der Waals surface area contributed by atoms with Crippen LogP contribution in [0.4, 0.5) is 5.69 Å². The van der Waals surface area contributed by atoms with E-state index < -0.39 is 5.97 Å². The average Bonchev–Trinajstić information content (AvgIpc) is 2.38. The number of hydrogen-bond acceptors (Lipinski definition) is 3. The second-order valence-electron chi connectivity index (χ2n) is 4.37. The monoisotopic (exact) mass is 264 g/mol. The van der Waals surface area contributed by atoms with Crippen molar-refractivity contribution in [2.45, 2.75) is 12.8 Å². The van der Waals surface area contributed by atoms with Crippen molar-refractivity contribution in [2.75, 3.05) is 18.0 Å². The van der Waals surface area contributed by atoms with Gasteiger partial charge >= 0.3 is 5.97 Å². The van der Waals surface area contributed by atoms with Gasteiger partial charge in [-0.25, -0.2) is 0 Å². The molecule has 1 N–H and O–H groups in total. The minimum Gasteiger partial charge on any atom is -0.481 e. The van der Waals surface area contributed by atoms with Crippen molar-refractivity contribution in [3.63, 3.8) is 0 Å². The van der Waals surface area contributed by atoms with Gasteiger partial charge in [-0.3, -0.25) is 4.79 Å². The molecule has 0 bridgehead atoms. The van der Waals surface area contributed by atoms with Gasteiger partial charge in [-0.2, -0.15) is 5.26 Å². The number of anilines is 1. The molecule has 0 unspecified atom stereocenters. The average molecular weight is 265 g/mol. The van der Waals surface area contributed by atoms with Gasteiger partial charge in [0.2, 0.25) is 0 Å². The van der Waals surface area contributed by atoms with Crippen molar-refractivity contribution in [2.24, 2.45) is 5.92 Å². The fraction of sp³-hybridized carbons (Fsp3) is 0.385. The lowest BCUT2D eigenvalue weighted by Crippen LogP contribution is -2.39. The van der Waals surface area contributed by atoms with Crippen LogP contribution in [0.2, 0.25) is 5.02 Å². The largest absolute Gasteiger partial charge is 0.481 e. The summed E-state index contributed by atoms with van der Waals surface area (Å²) in [4.78, 5) is 13.0. The molecule has 0 saturated carbocycles. The van der Waals surface area contributed by atoms with Crippen molar-refractivity contribution < 1.29 is 9.90 Å². The highest BCUT2D eigenvalue weighted by Crippen LogP contribution is 2.30. The fourth-order valence-corrected chi connectivity index (χ4v) is 2.50. The standard InChI is InChI=1S/C13H13ClN2O2/c14-11-4-1-5-12(10(11)7-15)16-6-2-3-9(8-16)13(17)18/h1,4-5,9H,2-3,6,8H2,(H,17,18)/t9-/m1/s1. The molecule has 0 radical (unpaired) electrons. The molecule has 1 fully saturated rings. The van der Waals surface area contributed by atoms with Crippen LogP contribution in [0, 0.1) is 17.2 Å². The number of carbonyl (C=O) groups is 1. The molecule has 94 valence electrons. The van der Waals surface area contributed by atoms with E-state index in [2.05, 4.69) is 6.07 Å². The van der Waals surface area contributed by atoms with E-state index in [-0.39, 0.29) is 5.92 Å². The molecule has 0 amide bonds. The van der Waals surface area contributed by atoms with Gasteiger partial charge in [-0.15, -0.1) is 0 Å². The van der Waals surface area contributed by atoms with Gasteiger partial charge < -0.3 is 10.0 Å². The Labute approximate surface area is 110 Å². The Balaban J connectivity index is 2.29. The quantitative estimate of drug-likeness (QED) is 0.891. The van der Waals surface area contributed by atoms with E-state index in [4.69, 9.17) is 22.0 Å². The summed E-state index contributed by atoms with van der Waals surface area (Å²) in [5.74, 6) is -1.15. The molecular formula is C13H13ClN2O2. The number of nitrogens with zero attached hydrogens (tertiary/aromatic N) is 2. The smallest absolute Gasteiger partial charge is 0.308 e. The van der Waals surface area contributed by atoms with Gasteiger partial charge in [0.15, 0.2) is 0 Å². The van der Waals surface area contributed by atoms with Crippen LogP contribution in [0.3, 0.4) is 0 Å². The first-order valence-corrected chi connectivity index (χ1v) is 6.17. The van der Waals surface area contributed by atoms with Crippen molar-refractivity contribution in [3.8, 4) is 6.07 Å². The molecular weight excluding hydrogens is 252 g/mol. The van der Waals surface area contributed by atoms with Gasteiger partial charge in [0.05, 0.1) is 22.2 Å². The first kappa shape index (κ1) is 12.7. The fourth-order valence-electron chi connectivity index (χ4n) is 2.28. The molecule has 1 saturated heterocycles. The predicted octanol–water partition coefficient (Wildman–Crippen LogP) is 2.51. The summed E-state index contributed by atoms with van der Waals surface area (Å²) in [7, 11) is 0. The predicted molar refractivity (Wildman–Crippen MR) is 68.7 cm³/mol. The summed E-state index contributed by atoms with van der Waals surface area (Å²) in [5, 5.41) is 18.6. The molecule has 1 atom stereocenters. The van der Waals surface area contributed by atoms with E-state index >= 15 is 0 Å². The summed E-state index contributed by atoms with van der Waals surface area (Å²) < 4.78 is 0. The first-order valence-electron chi connectivity index (χ1n) is 5.80. The minimum absolute atomic E-state index is 0.371. The van der Waals surface area contributed by atoms with Gasteiger partial charge in [0.1, 0.15) is 6.07 Å². The third-order valence-corrected chi connectivity index (χ3v) is 3.53. The van der Waals surface area contributed by atoms with Gasteiger partial charge in [0, 0.05) is 13.1 Å². The van der Waals surface area contributed by atoms with E-state index in [0.717, 1.165) is 18.7 Å². The Morgan fingerprint density at radius 1 is 1.56 bits per heavy atom. The van der Waals surface area contributed by atoms with E-state index in [9.17, 15) is 4.79 Å². The van der Waals surface area contributed by atoms with Crippen molar-refractivity contribution >= 4 is 23.3 Å². The van der Waals surface area contributed by atoms with Crippen molar-refractivity contribution in [3.05, 3.63) is 28.8 Å². The van der Waals surface area contributed by atoms with Crippen LogP contribution < -0.4 is 4.90 Å². The van der Waals surface area contributed by atoms with E-state index in [0.29, 0.717) is 23.6 Å². The van der Waals surface area contributed by atoms with Crippen LogP contribution in [0.15, 0.2) is 18.2 Å². The number of hydrogen-bond donors (Lipinski definition) is 1. The summed E-state index contributed by atoms with van der Waals surface area (Å²) in [6.07, 6.45) is 1.50. The van der Waals surface area contributed by atoms with Gasteiger partial charge in [-0.1, -0.05) is 17.7 Å². The summed E-state index contributed by atoms with van der Waals surface area (Å²) >= 11 is 5.98. The maximum atomic E-state index is 11.0. The summed E-state index contributed by atoms with van der Waals surface area (Å²) in [6, 6.07) is 7.35. The molecule has 1 aliphatic rings. The zero-order valence-corrected chi connectivity index (χ0v) is 10.5.